The van der Waals surface area contributed by atoms with Crippen molar-refractivity contribution in [2.24, 2.45) is 5.92 Å². The Morgan fingerprint density at radius 1 is 1.08 bits per heavy atom. The van der Waals surface area contributed by atoms with Crippen molar-refractivity contribution < 1.29 is 9.53 Å². The average Bonchev–Trinajstić information content (AvgIpc) is 2.56. The monoisotopic (exact) mass is 359 g/mol. The number of benzene rings is 2. The fourth-order valence-corrected chi connectivity index (χ4v) is 2.30. The van der Waals surface area contributed by atoms with Gasteiger partial charge in [-0.2, -0.15) is 0 Å². The van der Waals surface area contributed by atoms with Crippen molar-refractivity contribution >= 4 is 17.5 Å². The first-order valence-corrected chi connectivity index (χ1v) is 8.97. The minimum Gasteiger partial charge on any atom is -0.488 e. The lowest BCUT2D eigenvalue weighted by Gasteiger charge is -2.30. The van der Waals surface area contributed by atoms with Gasteiger partial charge in [-0.25, -0.2) is 0 Å². The van der Waals surface area contributed by atoms with E-state index >= 15 is 0 Å². The van der Waals surface area contributed by atoms with Gasteiger partial charge in [-0.3, -0.25) is 4.79 Å². The van der Waals surface area contributed by atoms with Gasteiger partial charge < -0.3 is 10.1 Å². The largest absolute Gasteiger partial charge is 0.488 e. The fourth-order valence-electron chi connectivity index (χ4n) is 2.17. The van der Waals surface area contributed by atoms with Crippen molar-refractivity contribution in [3.8, 4) is 5.75 Å². The van der Waals surface area contributed by atoms with E-state index in [0.29, 0.717) is 23.0 Å². The van der Waals surface area contributed by atoms with E-state index in [0.717, 1.165) is 17.7 Å². The number of hydrogen-bond acceptors (Lipinski definition) is 2. The molecule has 3 nitrogen and oxygen atoms in total. The molecule has 1 amide bonds. The lowest BCUT2D eigenvalue weighted by Crippen LogP contribution is -2.34. The molecule has 0 bridgehead atoms. The summed E-state index contributed by atoms with van der Waals surface area (Å²) in [6, 6.07) is 14.9. The normalized spacial score (nSPS) is 11.4. The van der Waals surface area contributed by atoms with Crippen molar-refractivity contribution in [3.63, 3.8) is 0 Å². The first-order chi connectivity index (χ1) is 11.8. The number of carbonyl (C=O) groups excluding carboxylic acids is 1. The second-order valence-corrected chi connectivity index (χ2v) is 7.45. The average molecular weight is 360 g/mol. The van der Waals surface area contributed by atoms with E-state index in [4.69, 9.17) is 16.3 Å². The highest BCUT2D eigenvalue weighted by atomic mass is 35.5. The topological polar surface area (TPSA) is 38.3 Å². The lowest BCUT2D eigenvalue weighted by molar-refractivity contribution is 0.0600. The molecule has 2 aromatic carbocycles. The molecule has 2 rings (SSSR count). The predicted octanol–water partition coefficient (Wildman–Crippen LogP) is 5.13. The van der Waals surface area contributed by atoms with Gasteiger partial charge in [-0.15, -0.1) is 0 Å². The van der Waals surface area contributed by atoms with Crippen molar-refractivity contribution in [2.75, 3.05) is 6.54 Å². The molecule has 0 aliphatic rings. The van der Waals surface area contributed by atoms with Gasteiger partial charge in [0.15, 0.2) is 0 Å². The van der Waals surface area contributed by atoms with Crippen LogP contribution in [-0.4, -0.2) is 18.1 Å². The van der Waals surface area contributed by atoms with E-state index < -0.39 is 0 Å². The van der Waals surface area contributed by atoms with Crippen LogP contribution in [0.3, 0.4) is 0 Å². The number of amides is 1. The quantitative estimate of drug-likeness (QED) is 0.744. The maximum atomic E-state index is 12.0. The van der Waals surface area contributed by atoms with Crippen LogP contribution in [0.25, 0.3) is 0 Å². The number of rotatable bonds is 7. The lowest BCUT2D eigenvalue weighted by atomic mass is 9.94. The molecular weight excluding hydrogens is 334 g/mol. The van der Waals surface area contributed by atoms with E-state index in [1.807, 2.05) is 24.3 Å². The number of halogens is 1. The molecule has 1 N–H and O–H groups in total. The Balaban J connectivity index is 1.83. The Labute approximate surface area is 155 Å². The van der Waals surface area contributed by atoms with Gasteiger partial charge in [0.2, 0.25) is 0 Å². The third-order valence-electron chi connectivity index (χ3n) is 4.50. The van der Waals surface area contributed by atoms with Crippen LogP contribution >= 0.6 is 11.6 Å². The van der Waals surface area contributed by atoms with Crippen LogP contribution in [-0.2, 0) is 6.42 Å². The molecule has 0 unspecified atom stereocenters. The van der Waals surface area contributed by atoms with Gasteiger partial charge in [0, 0.05) is 17.1 Å². The number of hydrogen-bond donors (Lipinski definition) is 1. The van der Waals surface area contributed by atoms with Gasteiger partial charge in [0.1, 0.15) is 11.4 Å². The Morgan fingerprint density at radius 3 is 2.24 bits per heavy atom. The molecule has 0 aliphatic heterocycles. The summed E-state index contributed by atoms with van der Waals surface area (Å²) < 4.78 is 6.05. The highest BCUT2D eigenvalue weighted by Crippen LogP contribution is 2.24. The predicted molar refractivity (Wildman–Crippen MR) is 103 cm³/mol. The van der Waals surface area contributed by atoms with Crippen molar-refractivity contribution in [3.05, 3.63) is 64.7 Å². The minimum atomic E-state index is -0.200. The van der Waals surface area contributed by atoms with Gasteiger partial charge in [0.25, 0.3) is 5.91 Å². The molecule has 0 spiro atoms. The van der Waals surface area contributed by atoms with Gasteiger partial charge in [0.05, 0.1) is 0 Å². The van der Waals surface area contributed by atoms with Crippen LogP contribution in [0.15, 0.2) is 48.5 Å². The zero-order valence-electron chi connectivity index (χ0n) is 15.3. The van der Waals surface area contributed by atoms with E-state index in [9.17, 15) is 4.79 Å². The third kappa shape index (κ3) is 5.79. The molecule has 0 atom stereocenters. The minimum absolute atomic E-state index is 0.0877. The Hall–Kier alpha value is -2.00. The molecular formula is C21H26ClNO2. The van der Waals surface area contributed by atoms with Crippen molar-refractivity contribution in [2.45, 2.75) is 39.7 Å². The first kappa shape index (κ1) is 19.3. The molecule has 25 heavy (non-hydrogen) atoms. The maximum absolute atomic E-state index is 12.0. The van der Waals surface area contributed by atoms with Crippen LogP contribution in [0, 0.1) is 5.92 Å². The second-order valence-electron chi connectivity index (χ2n) is 7.02. The zero-order chi connectivity index (χ0) is 18.4. The summed E-state index contributed by atoms with van der Waals surface area (Å²) in [5, 5.41) is 3.55. The second kappa shape index (κ2) is 8.39. The molecule has 4 heteroatoms. The fraction of sp³-hybridized carbons (Fsp3) is 0.381. The summed E-state index contributed by atoms with van der Waals surface area (Å²) in [7, 11) is 0. The summed E-state index contributed by atoms with van der Waals surface area (Å²) >= 11 is 5.83. The third-order valence-corrected chi connectivity index (χ3v) is 4.75. The van der Waals surface area contributed by atoms with Crippen LogP contribution in [0.2, 0.25) is 5.02 Å². The summed E-state index contributed by atoms with van der Waals surface area (Å²) in [6.07, 6.45) is 0.771. The molecule has 134 valence electrons. The van der Waals surface area contributed by atoms with E-state index in [2.05, 4.69) is 33.0 Å². The summed E-state index contributed by atoms with van der Waals surface area (Å²) in [5.41, 5.74) is 1.57. The van der Waals surface area contributed by atoms with Crippen LogP contribution in [0.4, 0.5) is 0 Å². The van der Waals surface area contributed by atoms with Crippen LogP contribution in [0.5, 0.6) is 5.75 Å². The van der Waals surface area contributed by atoms with Crippen LogP contribution < -0.4 is 10.1 Å². The highest BCUT2D eigenvalue weighted by Gasteiger charge is 2.24. The Kier molecular flexibility index (Phi) is 6.49. The molecule has 0 saturated carbocycles. The Bertz CT molecular complexity index is 691. The highest BCUT2D eigenvalue weighted by molar-refractivity contribution is 6.30. The number of carbonyl (C=O) groups is 1. The maximum Gasteiger partial charge on any atom is 0.251 e. The molecule has 0 saturated heterocycles. The van der Waals surface area contributed by atoms with E-state index in [-0.39, 0.29) is 11.5 Å². The first-order valence-electron chi connectivity index (χ1n) is 8.59. The molecule has 2 aromatic rings. The van der Waals surface area contributed by atoms with Gasteiger partial charge in [-0.1, -0.05) is 37.6 Å². The standard InChI is InChI=1S/C21H26ClNO2/c1-15(2)21(3,4)25-19-11-5-16(6-12-19)13-14-23-20(24)17-7-9-18(22)10-8-17/h5-12,15H,13-14H2,1-4H3,(H,23,24). The molecule has 0 aliphatic carbocycles. The van der Waals surface area contributed by atoms with Gasteiger partial charge in [-0.05, 0) is 68.1 Å². The van der Waals surface area contributed by atoms with E-state index in [1.54, 1.807) is 24.3 Å². The summed E-state index contributed by atoms with van der Waals surface area (Å²) in [6.45, 7) is 9.07. The van der Waals surface area contributed by atoms with Crippen molar-refractivity contribution in [1.29, 1.82) is 0 Å². The van der Waals surface area contributed by atoms with E-state index in [1.165, 1.54) is 0 Å². The molecule has 0 radical (unpaired) electrons. The smallest absolute Gasteiger partial charge is 0.251 e. The molecule has 0 fully saturated rings. The number of ether oxygens (including phenoxy) is 1. The SMILES string of the molecule is CC(C)C(C)(C)Oc1ccc(CCNC(=O)c2ccc(Cl)cc2)cc1. The summed E-state index contributed by atoms with van der Waals surface area (Å²) in [4.78, 5) is 12.0. The number of nitrogens with one attached hydrogen (secondary N) is 1. The van der Waals surface area contributed by atoms with Crippen molar-refractivity contribution in [1.82, 2.24) is 5.32 Å². The van der Waals surface area contributed by atoms with Crippen LogP contribution in [0.1, 0.15) is 43.6 Å². The molecule has 0 heterocycles. The molecule has 0 aromatic heterocycles. The zero-order valence-corrected chi connectivity index (χ0v) is 16.1. The van der Waals surface area contributed by atoms with Gasteiger partial charge >= 0.3 is 0 Å². The summed E-state index contributed by atoms with van der Waals surface area (Å²) in [5.74, 6) is 1.21. The Morgan fingerprint density at radius 2 is 1.68 bits per heavy atom.